The molecule has 0 radical (unpaired) electrons. The molecule has 2 N–H and O–H groups in total. The predicted octanol–water partition coefficient (Wildman–Crippen LogP) is 3.34. The van der Waals surface area contributed by atoms with E-state index in [4.69, 9.17) is 27.9 Å². The highest BCUT2D eigenvalue weighted by molar-refractivity contribution is 6.42. The van der Waals surface area contributed by atoms with E-state index in [1.165, 1.54) is 0 Å². The van der Waals surface area contributed by atoms with Gasteiger partial charge in [-0.25, -0.2) is 0 Å². The molecule has 1 heterocycles. The number of anilines is 1. The third-order valence-electron chi connectivity index (χ3n) is 3.06. The standard InChI is InChI=1S/C15H11Cl2N5O2/c16-11-6-5-9(7-12(11)17)18-15(23)10-3-1-2-4-13(10)24-8-14-19-21-22-20-14/h1-7H,8H2,(H,18,23)(H,19,20,21,22). The fraction of sp³-hybridized carbons (Fsp3) is 0.0667. The Morgan fingerprint density at radius 1 is 1.17 bits per heavy atom. The van der Waals surface area contributed by atoms with Gasteiger partial charge in [-0.2, -0.15) is 5.21 Å². The number of nitrogens with one attached hydrogen (secondary N) is 2. The van der Waals surface area contributed by atoms with Crippen molar-refractivity contribution < 1.29 is 9.53 Å². The highest BCUT2D eigenvalue weighted by Gasteiger charge is 2.13. The largest absolute Gasteiger partial charge is 0.485 e. The lowest BCUT2D eigenvalue weighted by atomic mass is 10.2. The highest BCUT2D eigenvalue weighted by Crippen LogP contribution is 2.26. The summed E-state index contributed by atoms with van der Waals surface area (Å²) in [5.74, 6) is 0.451. The van der Waals surface area contributed by atoms with Gasteiger partial charge in [0, 0.05) is 5.69 Å². The number of tetrazole rings is 1. The van der Waals surface area contributed by atoms with Crippen molar-refractivity contribution in [1.29, 1.82) is 0 Å². The lowest BCUT2D eigenvalue weighted by molar-refractivity contribution is 0.102. The molecule has 1 aromatic heterocycles. The number of nitrogens with zero attached hydrogens (tertiary/aromatic N) is 3. The molecule has 3 rings (SSSR count). The predicted molar refractivity (Wildman–Crippen MR) is 89.4 cm³/mol. The summed E-state index contributed by atoms with van der Waals surface area (Å²) in [6.07, 6.45) is 0. The number of aromatic amines is 1. The molecular weight excluding hydrogens is 353 g/mol. The molecule has 0 fully saturated rings. The van der Waals surface area contributed by atoms with Crippen LogP contribution in [0.5, 0.6) is 5.75 Å². The lowest BCUT2D eigenvalue weighted by Gasteiger charge is -2.11. The third kappa shape index (κ3) is 3.81. The number of rotatable bonds is 5. The average Bonchev–Trinajstić information content (AvgIpc) is 3.10. The van der Waals surface area contributed by atoms with E-state index in [0.717, 1.165) is 0 Å². The molecule has 0 aliphatic heterocycles. The number of benzene rings is 2. The monoisotopic (exact) mass is 363 g/mol. The Labute approximate surface area is 146 Å². The number of carbonyl (C=O) groups is 1. The van der Waals surface area contributed by atoms with Crippen LogP contribution < -0.4 is 10.1 Å². The summed E-state index contributed by atoms with van der Waals surface area (Å²) in [6.45, 7) is 0.0908. The highest BCUT2D eigenvalue weighted by atomic mass is 35.5. The van der Waals surface area contributed by atoms with Gasteiger partial charge < -0.3 is 10.1 Å². The zero-order valence-electron chi connectivity index (χ0n) is 12.2. The first-order valence-corrected chi connectivity index (χ1v) is 7.59. The van der Waals surface area contributed by atoms with E-state index in [2.05, 4.69) is 25.9 Å². The van der Waals surface area contributed by atoms with Crippen molar-refractivity contribution in [2.75, 3.05) is 5.32 Å². The average molecular weight is 364 g/mol. The Hall–Kier alpha value is -2.64. The number of carbonyl (C=O) groups excluding carboxylic acids is 1. The normalized spacial score (nSPS) is 10.4. The molecule has 9 heteroatoms. The van der Waals surface area contributed by atoms with E-state index in [-0.39, 0.29) is 12.5 Å². The number of para-hydroxylation sites is 1. The zero-order chi connectivity index (χ0) is 16.9. The van der Waals surface area contributed by atoms with Gasteiger partial charge in [-0.3, -0.25) is 4.79 Å². The molecule has 0 saturated heterocycles. The van der Waals surface area contributed by atoms with Crippen molar-refractivity contribution in [3.8, 4) is 5.75 Å². The molecule has 7 nitrogen and oxygen atoms in total. The van der Waals surface area contributed by atoms with Crippen molar-refractivity contribution in [3.63, 3.8) is 0 Å². The van der Waals surface area contributed by atoms with Crippen LogP contribution in [0.25, 0.3) is 0 Å². The van der Waals surface area contributed by atoms with Crippen molar-refractivity contribution in [2.45, 2.75) is 6.61 Å². The quantitative estimate of drug-likeness (QED) is 0.724. The smallest absolute Gasteiger partial charge is 0.259 e. The van der Waals surface area contributed by atoms with Crippen molar-refractivity contribution >= 4 is 34.8 Å². The molecule has 0 bridgehead atoms. The fourth-order valence-corrected chi connectivity index (χ4v) is 2.24. The molecule has 0 saturated carbocycles. The van der Waals surface area contributed by atoms with Gasteiger partial charge >= 0.3 is 0 Å². The zero-order valence-corrected chi connectivity index (χ0v) is 13.7. The minimum Gasteiger partial charge on any atom is -0.485 e. The van der Waals surface area contributed by atoms with E-state index < -0.39 is 0 Å². The Morgan fingerprint density at radius 2 is 2.00 bits per heavy atom. The maximum absolute atomic E-state index is 12.5. The summed E-state index contributed by atoms with van der Waals surface area (Å²) in [5, 5.41) is 16.9. The van der Waals surface area contributed by atoms with Gasteiger partial charge in [0.15, 0.2) is 6.61 Å². The van der Waals surface area contributed by atoms with Gasteiger partial charge in [0.1, 0.15) is 5.75 Å². The molecule has 1 amide bonds. The summed E-state index contributed by atoms with van der Waals surface area (Å²) < 4.78 is 5.59. The van der Waals surface area contributed by atoms with Gasteiger partial charge in [0.05, 0.1) is 15.6 Å². The minimum atomic E-state index is -0.336. The molecule has 122 valence electrons. The van der Waals surface area contributed by atoms with E-state index in [1.807, 2.05) is 0 Å². The molecule has 0 atom stereocenters. The summed E-state index contributed by atoms with van der Waals surface area (Å²) in [6, 6.07) is 11.7. The molecule has 0 unspecified atom stereocenters. The topological polar surface area (TPSA) is 92.8 Å². The van der Waals surface area contributed by atoms with E-state index in [9.17, 15) is 4.79 Å². The first kappa shape index (κ1) is 16.2. The van der Waals surface area contributed by atoms with Gasteiger partial charge in [0.2, 0.25) is 5.82 Å². The molecule has 24 heavy (non-hydrogen) atoms. The van der Waals surface area contributed by atoms with Crippen LogP contribution in [0.3, 0.4) is 0 Å². The number of amides is 1. The van der Waals surface area contributed by atoms with Crippen molar-refractivity contribution in [1.82, 2.24) is 20.6 Å². The van der Waals surface area contributed by atoms with Crippen LogP contribution in [0, 0.1) is 0 Å². The SMILES string of the molecule is O=C(Nc1ccc(Cl)c(Cl)c1)c1ccccc1OCc1nn[nH]n1. The van der Waals surface area contributed by atoms with Crippen LogP contribution in [0.2, 0.25) is 10.0 Å². The first-order chi connectivity index (χ1) is 11.6. The molecule has 0 spiro atoms. The molecule has 0 aliphatic rings. The number of hydrogen-bond acceptors (Lipinski definition) is 5. The summed E-state index contributed by atoms with van der Waals surface area (Å²) in [4.78, 5) is 12.5. The van der Waals surface area contributed by atoms with Gasteiger partial charge in [0.25, 0.3) is 5.91 Å². The lowest BCUT2D eigenvalue weighted by Crippen LogP contribution is -2.13. The van der Waals surface area contributed by atoms with Crippen LogP contribution in [0.4, 0.5) is 5.69 Å². The Balaban J connectivity index is 1.75. The summed E-state index contributed by atoms with van der Waals surface area (Å²) in [5.41, 5.74) is 0.898. The van der Waals surface area contributed by atoms with Gasteiger partial charge in [-0.15, -0.1) is 10.2 Å². The Kier molecular flexibility index (Phi) is 4.93. The molecule has 2 aromatic carbocycles. The van der Waals surface area contributed by atoms with E-state index in [0.29, 0.717) is 32.9 Å². The maximum atomic E-state index is 12.5. The van der Waals surface area contributed by atoms with Crippen molar-refractivity contribution in [3.05, 3.63) is 63.9 Å². The number of halogens is 2. The summed E-state index contributed by atoms with van der Waals surface area (Å²) in [7, 11) is 0. The van der Waals surface area contributed by atoms with Crippen LogP contribution in [0.15, 0.2) is 42.5 Å². The first-order valence-electron chi connectivity index (χ1n) is 6.84. The van der Waals surface area contributed by atoms with E-state index >= 15 is 0 Å². The van der Waals surface area contributed by atoms with Gasteiger partial charge in [-0.05, 0) is 30.3 Å². The second-order valence-corrected chi connectivity index (χ2v) is 5.51. The summed E-state index contributed by atoms with van der Waals surface area (Å²) >= 11 is 11.8. The second-order valence-electron chi connectivity index (χ2n) is 4.70. The number of hydrogen-bond donors (Lipinski definition) is 2. The van der Waals surface area contributed by atoms with Crippen LogP contribution >= 0.6 is 23.2 Å². The van der Waals surface area contributed by atoms with E-state index in [1.54, 1.807) is 42.5 Å². The minimum absolute atomic E-state index is 0.0908. The van der Waals surface area contributed by atoms with Crippen LogP contribution in [0.1, 0.15) is 16.2 Å². The third-order valence-corrected chi connectivity index (χ3v) is 3.79. The fourth-order valence-electron chi connectivity index (χ4n) is 1.94. The van der Waals surface area contributed by atoms with Crippen LogP contribution in [-0.2, 0) is 6.61 Å². The van der Waals surface area contributed by atoms with Crippen LogP contribution in [-0.4, -0.2) is 26.5 Å². The number of aromatic nitrogens is 4. The molecular formula is C15H11Cl2N5O2. The number of H-pyrrole nitrogens is 1. The molecule has 3 aromatic rings. The maximum Gasteiger partial charge on any atom is 0.259 e. The number of ether oxygens (including phenoxy) is 1. The Bertz CT molecular complexity index is 855. The van der Waals surface area contributed by atoms with Crippen molar-refractivity contribution in [2.24, 2.45) is 0 Å². The Morgan fingerprint density at radius 3 is 2.75 bits per heavy atom. The second kappa shape index (κ2) is 7.29. The van der Waals surface area contributed by atoms with Gasteiger partial charge in [-0.1, -0.05) is 40.5 Å². The molecule has 0 aliphatic carbocycles.